The van der Waals surface area contributed by atoms with Crippen LogP contribution in [0, 0.1) is 12.3 Å². The molecule has 5 nitrogen and oxygen atoms in total. The summed E-state index contributed by atoms with van der Waals surface area (Å²) in [4.78, 5) is 22.2. The number of rotatable bonds is 6. The van der Waals surface area contributed by atoms with Crippen molar-refractivity contribution in [1.29, 1.82) is 0 Å². The lowest BCUT2D eigenvalue weighted by atomic mass is 10.0. The van der Waals surface area contributed by atoms with Crippen molar-refractivity contribution in [2.75, 3.05) is 13.2 Å². The third-order valence-electron chi connectivity index (χ3n) is 2.92. The van der Waals surface area contributed by atoms with Crippen molar-refractivity contribution in [3.05, 3.63) is 6.42 Å². The number of ether oxygens (including phenoxy) is 1. The zero-order valence-electron chi connectivity index (χ0n) is 10.3. The first-order chi connectivity index (χ1) is 8.09. The van der Waals surface area contributed by atoms with Crippen LogP contribution in [0.1, 0.15) is 32.6 Å². The maximum atomic E-state index is 11.4. The van der Waals surface area contributed by atoms with E-state index >= 15 is 0 Å². The standard InChI is InChI=1S/C12H21N2O3/c1-9(12(13)16)5-6-11(15)14-8-10-4-2-3-7-17-10/h6,9-10H,2-5,7-8H2,1H3,(H2,13,16)(H,14,15)/t9?,10-/m0/s1. The Morgan fingerprint density at radius 3 is 2.88 bits per heavy atom. The van der Waals surface area contributed by atoms with Gasteiger partial charge in [0.05, 0.1) is 12.5 Å². The average Bonchev–Trinajstić information content (AvgIpc) is 2.34. The zero-order valence-corrected chi connectivity index (χ0v) is 10.3. The van der Waals surface area contributed by atoms with Crippen LogP contribution in [0.2, 0.25) is 0 Å². The fourth-order valence-corrected chi connectivity index (χ4v) is 1.65. The molecule has 5 heteroatoms. The Morgan fingerprint density at radius 1 is 1.53 bits per heavy atom. The maximum Gasteiger partial charge on any atom is 0.224 e. The van der Waals surface area contributed by atoms with Gasteiger partial charge in [0.15, 0.2) is 0 Å². The van der Waals surface area contributed by atoms with Crippen LogP contribution in [0.5, 0.6) is 0 Å². The fraction of sp³-hybridized carbons (Fsp3) is 0.750. The van der Waals surface area contributed by atoms with E-state index in [9.17, 15) is 9.59 Å². The molecule has 1 rings (SSSR count). The molecule has 1 unspecified atom stereocenters. The number of hydrogen-bond acceptors (Lipinski definition) is 3. The molecule has 1 aliphatic rings. The Kier molecular flexibility index (Phi) is 5.97. The number of hydrogen-bond donors (Lipinski definition) is 2. The summed E-state index contributed by atoms with van der Waals surface area (Å²) in [6, 6.07) is 0. The number of carbonyl (C=O) groups is 2. The zero-order chi connectivity index (χ0) is 12.7. The van der Waals surface area contributed by atoms with E-state index in [0.29, 0.717) is 13.0 Å². The summed E-state index contributed by atoms with van der Waals surface area (Å²) in [7, 11) is 0. The van der Waals surface area contributed by atoms with Crippen LogP contribution in [0.25, 0.3) is 0 Å². The summed E-state index contributed by atoms with van der Waals surface area (Å²) < 4.78 is 5.49. The smallest absolute Gasteiger partial charge is 0.224 e. The highest BCUT2D eigenvalue weighted by molar-refractivity contribution is 5.85. The predicted octanol–water partition coefficient (Wildman–Crippen LogP) is 0.387. The fourth-order valence-electron chi connectivity index (χ4n) is 1.65. The molecule has 17 heavy (non-hydrogen) atoms. The second-order valence-electron chi connectivity index (χ2n) is 4.48. The van der Waals surface area contributed by atoms with Gasteiger partial charge < -0.3 is 15.8 Å². The first-order valence-electron chi connectivity index (χ1n) is 6.11. The minimum absolute atomic E-state index is 0.134. The number of primary amides is 1. The van der Waals surface area contributed by atoms with Gasteiger partial charge in [-0.15, -0.1) is 0 Å². The Labute approximate surface area is 102 Å². The van der Waals surface area contributed by atoms with Crippen molar-refractivity contribution in [2.24, 2.45) is 11.7 Å². The summed E-state index contributed by atoms with van der Waals surface area (Å²) >= 11 is 0. The van der Waals surface area contributed by atoms with Gasteiger partial charge in [0.2, 0.25) is 11.8 Å². The average molecular weight is 241 g/mol. The van der Waals surface area contributed by atoms with Gasteiger partial charge in [0.1, 0.15) is 0 Å². The predicted molar refractivity (Wildman–Crippen MR) is 63.9 cm³/mol. The lowest BCUT2D eigenvalue weighted by Gasteiger charge is -2.22. The van der Waals surface area contributed by atoms with E-state index < -0.39 is 0 Å². The summed E-state index contributed by atoms with van der Waals surface area (Å²) in [5, 5.41) is 2.78. The molecule has 0 aromatic heterocycles. The van der Waals surface area contributed by atoms with E-state index in [1.807, 2.05) is 0 Å². The van der Waals surface area contributed by atoms with Crippen LogP contribution in [0.3, 0.4) is 0 Å². The summed E-state index contributed by atoms with van der Waals surface area (Å²) in [5.74, 6) is -0.844. The van der Waals surface area contributed by atoms with Crippen molar-refractivity contribution >= 4 is 11.8 Å². The number of nitrogens with one attached hydrogen (secondary N) is 1. The summed E-state index contributed by atoms with van der Waals surface area (Å²) in [6.07, 6.45) is 5.24. The van der Waals surface area contributed by atoms with Crippen molar-refractivity contribution in [3.63, 3.8) is 0 Å². The molecule has 1 heterocycles. The van der Waals surface area contributed by atoms with Gasteiger partial charge in [0.25, 0.3) is 0 Å². The lowest BCUT2D eigenvalue weighted by Crippen LogP contribution is -2.36. The minimum atomic E-state index is -0.385. The second-order valence-corrected chi connectivity index (χ2v) is 4.48. The van der Waals surface area contributed by atoms with Gasteiger partial charge in [-0.05, 0) is 25.7 Å². The van der Waals surface area contributed by atoms with Crippen LogP contribution in [-0.2, 0) is 14.3 Å². The van der Waals surface area contributed by atoms with Crippen molar-refractivity contribution in [3.8, 4) is 0 Å². The third-order valence-corrected chi connectivity index (χ3v) is 2.92. The molecule has 0 aliphatic carbocycles. The number of nitrogens with two attached hydrogens (primary N) is 1. The first-order valence-corrected chi connectivity index (χ1v) is 6.11. The summed E-state index contributed by atoms with van der Waals surface area (Å²) in [6.45, 7) is 3.03. The van der Waals surface area contributed by atoms with Gasteiger partial charge in [-0.25, -0.2) is 0 Å². The Bertz CT molecular complexity index is 262. The van der Waals surface area contributed by atoms with E-state index in [2.05, 4.69) is 5.32 Å². The molecule has 0 bridgehead atoms. The molecule has 3 N–H and O–H groups in total. The monoisotopic (exact) mass is 241 g/mol. The van der Waals surface area contributed by atoms with Gasteiger partial charge in [0, 0.05) is 19.1 Å². The van der Waals surface area contributed by atoms with Crippen LogP contribution < -0.4 is 11.1 Å². The second kappa shape index (κ2) is 7.27. The third kappa shape index (κ3) is 5.68. The molecule has 1 fully saturated rings. The maximum absolute atomic E-state index is 11.4. The summed E-state index contributed by atoms with van der Waals surface area (Å²) in [5.41, 5.74) is 5.10. The molecule has 2 amide bonds. The number of amides is 2. The molecule has 97 valence electrons. The quantitative estimate of drug-likeness (QED) is 0.705. The van der Waals surface area contributed by atoms with Gasteiger partial charge in [-0.2, -0.15) is 0 Å². The molecule has 0 aromatic rings. The van der Waals surface area contributed by atoms with Crippen LogP contribution in [0.4, 0.5) is 0 Å². The molecule has 0 spiro atoms. The van der Waals surface area contributed by atoms with Crippen molar-refractivity contribution in [1.82, 2.24) is 5.32 Å². The van der Waals surface area contributed by atoms with Crippen LogP contribution >= 0.6 is 0 Å². The van der Waals surface area contributed by atoms with Gasteiger partial charge in [-0.3, -0.25) is 9.59 Å². The molecule has 0 aromatic carbocycles. The highest BCUT2D eigenvalue weighted by Crippen LogP contribution is 2.11. The van der Waals surface area contributed by atoms with E-state index in [-0.39, 0.29) is 23.8 Å². The van der Waals surface area contributed by atoms with E-state index in [4.69, 9.17) is 10.5 Å². The Hall–Kier alpha value is -1.10. The first kappa shape index (κ1) is 14.0. The Balaban J connectivity index is 2.10. The molecule has 2 atom stereocenters. The minimum Gasteiger partial charge on any atom is -0.376 e. The van der Waals surface area contributed by atoms with Crippen LogP contribution in [0.15, 0.2) is 0 Å². The lowest BCUT2D eigenvalue weighted by molar-refractivity contribution is -0.121. The molecule has 1 saturated heterocycles. The molecular formula is C12H21N2O3. The van der Waals surface area contributed by atoms with E-state index in [1.165, 1.54) is 6.42 Å². The Morgan fingerprint density at radius 2 is 2.29 bits per heavy atom. The van der Waals surface area contributed by atoms with E-state index in [1.54, 1.807) is 6.92 Å². The van der Waals surface area contributed by atoms with E-state index in [0.717, 1.165) is 25.9 Å². The normalized spacial score (nSPS) is 21.8. The van der Waals surface area contributed by atoms with Crippen molar-refractivity contribution in [2.45, 2.75) is 38.7 Å². The molecular weight excluding hydrogens is 220 g/mol. The highest BCUT2D eigenvalue weighted by atomic mass is 16.5. The molecule has 1 radical (unpaired) electrons. The molecule has 0 saturated carbocycles. The molecule has 1 aliphatic heterocycles. The SMILES string of the molecule is CC(C[CH]C(=O)NC[C@@H]1CCCCO1)C(N)=O. The largest absolute Gasteiger partial charge is 0.376 e. The van der Waals surface area contributed by atoms with Gasteiger partial charge >= 0.3 is 0 Å². The highest BCUT2D eigenvalue weighted by Gasteiger charge is 2.16. The van der Waals surface area contributed by atoms with Gasteiger partial charge in [-0.1, -0.05) is 6.92 Å². The van der Waals surface area contributed by atoms with Crippen LogP contribution in [-0.4, -0.2) is 31.1 Å². The van der Waals surface area contributed by atoms with Crippen molar-refractivity contribution < 1.29 is 14.3 Å². The number of carbonyl (C=O) groups excluding carboxylic acids is 2. The topological polar surface area (TPSA) is 81.4 Å².